The van der Waals surface area contributed by atoms with Gasteiger partial charge in [-0.15, -0.1) is 0 Å². The van der Waals surface area contributed by atoms with E-state index in [1.165, 1.54) is 6.07 Å². The number of rotatable bonds is 7. The second-order valence-electron chi connectivity index (χ2n) is 6.04. The van der Waals surface area contributed by atoms with E-state index < -0.39 is 0 Å². The molecule has 4 nitrogen and oxygen atoms in total. The first-order valence-corrected chi connectivity index (χ1v) is 9.21. The third-order valence-corrected chi connectivity index (χ3v) is 4.64. The predicted octanol–water partition coefficient (Wildman–Crippen LogP) is 5.17. The topological polar surface area (TPSA) is 55.8 Å². The highest BCUT2D eigenvalue weighted by Gasteiger charge is 2.13. The Morgan fingerprint density at radius 1 is 0.926 bits per heavy atom. The van der Waals surface area contributed by atoms with E-state index in [9.17, 15) is 9.90 Å². The second kappa shape index (κ2) is 8.73. The maximum absolute atomic E-state index is 12.4. The fourth-order valence-electron chi connectivity index (χ4n) is 2.61. The molecular weight excluding hydrogens is 408 g/mol. The summed E-state index contributed by atoms with van der Waals surface area (Å²) in [7, 11) is 1.62. The van der Waals surface area contributed by atoms with Crippen molar-refractivity contribution in [3.05, 3.63) is 87.9 Å². The lowest BCUT2D eigenvalue weighted by atomic mass is 10.0. The van der Waals surface area contributed by atoms with E-state index >= 15 is 0 Å². The number of Topliss-reactive ketones (excluding diaryl/α,β-unsaturated/α-hetero) is 1. The zero-order chi connectivity index (χ0) is 19.2. The number of halogens is 1. The number of phenolic OH excluding ortho intramolecular Hbond substituents is 1. The number of methoxy groups -OCH3 is 1. The number of aromatic hydroxyl groups is 1. The molecule has 27 heavy (non-hydrogen) atoms. The molecule has 0 fully saturated rings. The van der Waals surface area contributed by atoms with Crippen molar-refractivity contribution in [2.24, 2.45) is 0 Å². The number of carbonyl (C=O) groups excluding carboxylic acids is 1. The molecule has 0 aliphatic carbocycles. The molecule has 3 aromatic rings. The Bertz CT molecular complexity index is 918. The van der Waals surface area contributed by atoms with Gasteiger partial charge in [-0.1, -0.05) is 40.2 Å². The second-order valence-corrected chi connectivity index (χ2v) is 6.96. The minimum absolute atomic E-state index is 0.0793. The first kappa shape index (κ1) is 19.0. The van der Waals surface area contributed by atoms with Crippen molar-refractivity contribution in [1.82, 2.24) is 0 Å². The summed E-state index contributed by atoms with van der Waals surface area (Å²) in [5.41, 5.74) is 2.16. The number of carbonyl (C=O) groups is 1. The first-order valence-electron chi connectivity index (χ1n) is 8.41. The van der Waals surface area contributed by atoms with Gasteiger partial charge in [-0.3, -0.25) is 4.79 Å². The van der Waals surface area contributed by atoms with Crippen LogP contribution < -0.4 is 9.47 Å². The zero-order valence-electron chi connectivity index (χ0n) is 14.8. The number of hydrogen-bond donors (Lipinski definition) is 1. The van der Waals surface area contributed by atoms with E-state index in [0.717, 1.165) is 21.3 Å². The summed E-state index contributed by atoms with van der Waals surface area (Å²) in [6.45, 7) is 0.357. The Morgan fingerprint density at radius 3 is 2.19 bits per heavy atom. The van der Waals surface area contributed by atoms with Gasteiger partial charge in [0.05, 0.1) is 12.7 Å². The molecule has 3 aromatic carbocycles. The van der Waals surface area contributed by atoms with Crippen molar-refractivity contribution in [3.8, 4) is 17.2 Å². The lowest BCUT2D eigenvalue weighted by Crippen LogP contribution is -2.04. The summed E-state index contributed by atoms with van der Waals surface area (Å²) in [4.78, 5) is 12.4. The third-order valence-electron chi connectivity index (χ3n) is 4.11. The summed E-state index contributed by atoms with van der Waals surface area (Å²) in [6, 6.07) is 19.8. The molecule has 0 radical (unpaired) electrons. The van der Waals surface area contributed by atoms with Gasteiger partial charge in [0.1, 0.15) is 23.9 Å². The van der Waals surface area contributed by atoms with Crippen LogP contribution in [0.4, 0.5) is 0 Å². The van der Waals surface area contributed by atoms with Gasteiger partial charge in [0, 0.05) is 17.0 Å². The lowest BCUT2D eigenvalue weighted by molar-refractivity contribution is 0.0990. The van der Waals surface area contributed by atoms with Crippen LogP contribution >= 0.6 is 15.9 Å². The Kier molecular flexibility index (Phi) is 6.14. The van der Waals surface area contributed by atoms with Crippen molar-refractivity contribution < 1.29 is 19.4 Å². The van der Waals surface area contributed by atoms with Crippen molar-refractivity contribution in [1.29, 1.82) is 0 Å². The van der Waals surface area contributed by atoms with Crippen LogP contribution in [0.1, 0.15) is 21.5 Å². The van der Waals surface area contributed by atoms with Crippen LogP contribution in [0, 0.1) is 0 Å². The van der Waals surface area contributed by atoms with E-state index in [0.29, 0.717) is 12.4 Å². The summed E-state index contributed by atoms with van der Waals surface area (Å²) < 4.78 is 11.8. The van der Waals surface area contributed by atoms with Gasteiger partial charge in [0.25, 0.3) is 0 Å². The molecule has 0 saturated carbocycles. The lowest BCUT2D eigenvalue weighted by Gasteiger charge is -2.10. The first-order chi connectivity index (χ1) is 13.0. The number of benzene rings is 3. The number of ketones is 1. The van der Waals surface area contributed by atoms with Crippen LogP contribution in [0.15, 0.2) is 71.2 Å². The van der Waals surface area contributed by atoms with Gasteiger partial charge in [-0.25, -0.2) is 0 Å². The SMILES string of the molecule is COc1ccc(COc2ccc(C(=O)Cc3ccc(Br)cc3)c(O)c2)cc1. The smallest absolute Gasteiger partial charge is 0.170 e. The highest BCUT2D eigenvalue weighted by molar-refractivity contribution is 9.10. The van der Waals surface area contributed by atoms with E-state index in [1.807, 2.05) is 48.5 Å². The van der Waals surface area contributed by atoms with Gasteiger partial charge < -0.3 is 14.6 Å². The van der Waals surface area contributed by atoms with Crippen LogP contribution in [0.2, 0.25) is 0 Å². The standard InChI is InChI=1S/C22H19BrO4/c1-26-18-8-4-16(5-9-18)14-27-19-10-11-20(22(25)13-19)21(24)12-15-2-6-17(23)7-3-15/h2-11,13,25H,12,14H2,1H3. The molecule has 0 unspecified atom stereocenters. The van der Waals surface area contributed by atoms with Crippen LogP contribution in [0.5, 0.6) is 17.2 Å². The maximum Gasteiger partial charge on any atom is 0.170 e. The summed E-state index contributed by atoms with van der Waals surface area (Å²) in [6.07, 6.45) is 0.229. The predicted molar refractivity (Wildman–Crippen MR) is 108 cm³/mol. The highest BCUT2D eigenvalue weighted by atomic mass is 79.9. The molecule has 0 saturated heterocycles. The van der Waals surface area contributed by atoms with Gasteiger partial charge in [-0.2, -0.15) is 0 Å². The minimum Gasteiger partial charge on any atom is -0.507 e. The van der Waals surface area contributed by atoms with Crippen molar-refractivity contribution in [2.75, 3.05) is 7.11 Å². The average Bonchev–Trinajstić information content (AvgIpc) is 2.68. The van der Waals surface area contributed by atoms with E-state index in [1.54, 1.807) is 19.2 Å². The van der Waals surface area contributed by atoms with Crippen LogP contribution in [-0.2, 0) is 13.0 Å². The molecule has 0 aromatic heterocycles. The third kappa shape index (κ3) is 5.11. The Hall–Kier alpha value is -2.79. The van der Waals surface area contributed by atoms with Crippen molar-refractivity contribution in [2.45, 2.75) is 13.0 Å². The molecule has 0 heterocycles. The quantitative estimate of drug-likeness (QED) is 0.529. The largest absolute Gasteiger partial charge is 0.507 e. The Labute approximate surface area is 166 Å². The fourth-order valence-corrected chi connectivity index (χ4v) is 2.87. The normalized spacial score (nSPS) is 10.4. The minimum atomic E-state index is -0.142. The Morgan fingerprint density at radius 2 is 1.56 bits per heavy atom. The Balaban J connectivity index is 1.63. The molecule has 0 aliphatic rings. The van der Waals surface area contributed by atoms with Crippen LogP contribution in [0.3, 0.4) is 0 Å². The number of phenols is 1. The van der Waals surface area contributed by atoms with Gasteiger partial charge in [-0.05, 0) is 47.5 Å². The molecule has 3 rings (SSSR count). The highest BCUT2D eigenvalue weighted by Crippen LogP contribution is 2.26. The summed E-state index contributed by atoms with van der Waals surface area (Å²) in [5, 5.41) is 10.2. The molecule has 138 valence electrons. The number of ether oxygens (including phenoxy) is 2. The molecular formula is C22H19BrO4. The van der Waals surface area contributed by atoms with Crippen molar-refractivity contribution >= 4 is 21.7 Å². The monoisotopic (exact) mass is 426 g/mol. The molecule has 0 atom stereocenters. The van der Waals surface area contributed by atoms with Gasteiger partial charge in [0.2, 0.25) is 0 Å². The van der Waals surface area contributed by atoms with Gasteiger partial charge >= 0.3 is 0 Å². The van der Waals surface area contributed by atoms with E-state index in [2.05, 4.69) is 15.9 Å². The van der Waals surface area contributed by atoms with Crippen molar-refractivity contribution in [3.63, 3.8) is 0 Å². The summed E-state index contributed by atoms with van der Waals surface area (Å²) >= 11 is 3.37. The molecule has 0 bridgehead atoms. The average molecular weight is 427 g/mol. The molecule has 0 spiro atoms. The van der Waals surface area contributed by atoms with E-state index in [-0.39, 0.29) is 23.5 Å². The fraction of sp³-hybridized carbons (Fsp3) is 0.136. The molecule has 0 aliphatic heterocycles. The van der Waals surface area contributed by atoms with Gasteiger partial charge in [0.15, 0.2) is 5.78 Å². The molecule has 0 amide bonds. The van der Waals surface area contributed by atoms with Crippen LogP contribution in [0.25, 0.3) is 0 Å². The van der Waals surface area contributed by atoms with E-state index in [4.69, 9.17) is 9.47 Å². The maximum atomic E-state index is 12.4. The summed E-state index contributed by atoms with van der Waals surface area (Å²) in [5.74, 6) is 1.06. The van der Waals surface area contributed by atoms with Crippen LogP contribution in [-0.4, -0.2) is 18.0 Å². The molecule has 1 N–H and O–H groups in total. The zero-order valence-corrected chi connectivity index (χ0v) is 16.4. The molecule has 5 heteroatoms. The number of hydrogen-bond acceptors (Lipinski definition) is 4.